The van der Waals surface area contributed by atoms with Gasteiger partial charge in [-0.05, 0) is 18.9 Å². The van der Waals surface area contributed by atoms with Crippen LogP contribution in [0.5, 0.6) is 11.5 Å². The van der Waals surface area contributed by atoms with Crippen LogP contribution in [0.3, 0.4) is 0 Å². The zero-order chi connectivity index (χ0) is 16.1. The maximum absolute atomic E-state index is 11.5. The van der Waals surface area contributed by atoms with Crippen LogP contribution in [-0.2, 0) is 16.0 Å². The second kappa shape index (κ2) is 7.35. The average Bonchev–Trinajstić information content (AvgIpc) is 3.07. The lowest BCUT2D eigenvalue weighted by atomic mass is 10.0. The molecule has 1 unspecified atom stereocenters. The van der Waals surface area contributed by atoms with Crippen LogP contribution in [0.2, 0.25) is 0 Å². The third-order valence-corrected chi connectivity index (χ3v) is 3.97. The van der Waals surface area contributed by atoms with Gasteiger partial charge in [0.15, 0.2) is 0 Å². The van der Waals surface area contributed by atoms with E-state index in [0.29, 0.717) is 12.2 Å². The fraction of sp³-hybridized carbons (Fsp3) is 0.562. The standard InChI is InChI=1S/C16H24N2O4/c1-20-14-10-13(18-6-4-5-7-18)15(21-2)9-11(14)8-12(17)16(19)22-3/h9-10,12H,4-8,17H2,1-3H3. The van der Waals surface area contributed by atoms with E-state index in [2.05, 4.69) is 9.64 Å². The zero-order valence-corrected chi connectivity index (χ0v) is 13.4. The summed E-state index contributed by atoms with van der Waals surface area (Å²) in [4.78, 5) is 13.8. The summed E-state index contributed by atoms with van der Waals surface area (Å²) in [6, 6.07) is 3.14. The molecule has 6 nitrogen and oxygen atoms in total. The SMILES string of the molecule is COC(=O)C(N)Cc1cc(OC)c(N2CCCC2)cc1OC. The number of hydrogen-bond acceptors (Lipinski definition) is 6. The van der Waals surface area contributed by atoms with Crippen molar-refractivity contribution in [1.29, 1.82) is 0 Å². The number of esters is 1. The Kier molecular flexibility index (Phi) is 5.49. The third kappa shape index (κ3) is 3.44. The van der Waals surface area contributed by atoms with Crippen LogP contribution in [0.1, 0.15) is 18.4 Å². The molecule has 0 aromatic heterocycles. The number of methoxy groups -OCH3 is 3. The molecule has 1 aliphatic heterocycles. The highest BCUT2D eigenvalue weighted by Crippen LogP contribution is 2.37. The van der Waals surface area contributed by atoms with E-state index < -0.39 is 12.0 Å². The van der Waals surface area contributed by atoms with Crippen molar-refractivity contribution in [2.45, 2.75) is 25.3 Å². The molecule has 2 rings (SSSR count). The number of hydrogen-bond donors (Lipinski definition) is 1. The fourth-order valence-electron chi connectivity index (χ4n) is 2.78. The summed E-state index contributed by atoms with van der Waals surface area (Å²) in [5.41, 5.74) is 7.71. The minimum Gasteiger partial charge on any atom is -0.496 e. The molecule has 1 saturated heterocycles. The summed E-state index contributed by atoms with van der Waals surface area (Å²) in [5, 5.41) is 0. The first kappa shape index (κ1) is 16.4. The van der Waals surface area contributed by atoms with E-state index in [9.17, 15) is 4.79 Å². The Labute approximate surface area is 131 Å². The van der Waals surface area contributed by atoms with Gasteiger partial charge >= 0.3 is 5.97 Å². The van der Waals surface area contributed by atoms with Crippen molar-refractivity contribution in [1.82, 2.24) is 0 Å². The summed E-state index contributed by atoms with van der Waals surface area (Å²) in [6.07, 6.45) is 2.70. The Morgan fingerprint density at radius 1 is 1.18 bits per heavy atom. The minimum absolute atomic E-state index is 0.340. The molecule has 1 aliphatic rings. The monoisotopic (exact) mass is 308 g/mol. The molecule has 0 radical (unpaired) electrons. The number of carbonyl (C=O) groups excluding carboxylic acids is 1. The molecule has 1 heterocycles. The molecule has 1 fully saturated rings. The van der Waals surface area contributed by atoms with Crippen LogP contribution >= 0.6 is 0 Å². The van der Waals surface area contributed by atoms with Crippen LogP contribution in [0, 0.1) is 0 Å². The highest BCUT2D eigenvalue weighted by molar-refractivity contribution is 5.76. The van der Waals surface area contributed by atoms with Gasteiger partial charge in [0.25, 0.3) is 0 Å². The predicted octanol–water partition coefficient (Wildman–Crippen LogP) is 1.35. The molecule has 0 aliphatic carbocycles. The van der Waals surface area contributed by atoms with Crippen molar-refractivity contribution in [3.05, 3.63) is 17.7 Å². The van der Waals surface area contributed by atoms with Crippen LogP contribution in [0.25, 0.3) is 0 Å². The summed E-state index contributed by atoms with van der Waals surface area (Å²) in [5.74, 6) is 1.04. The second-order valence-electron chi connectivity index (χ2n) is 5.36. The van der Waals surface area contributed by atoms with E-state index in [1.807, 2.05) is 12.1 Å². The number of nitrogens with zero attached hydrogens (tertiary/aromatic N) is 1. The molecule has 0 bridgehead atoms. The maximum Gasteiger partial charge on any atom is 0.322 e. The Bertz CT molecular complexity index is 527. The summed E-state index contributed by atoms with van der Waals surface area (Å²) >= 11 is 0. The van der Waals surface area contributed by atoms with Gasteiger partial charge in [0, 0.05) is 31.1 Å². The smallest absolute Gasteiger partial charge is 0.322 e. The zero-order valence-electron chi connectivity index (χ0n) is 13.4. The second-order valence-corrected chi connectivity index (χ2v) is 5.36. The molecule has 6 heteroatoms. The van der Waals surface area contributed by atoms with Crippen LogP contribution in [0.4, 0.5) is 5.69 Å². The Balaban J connectivity index is 2.31. The number of anilines is 1. The van der Waals surface area contributed by atoms with Gasteiger partial charge in [-0.15, -0.1) is 0 Å². The third-order valence-electron chi connectivity index (χ3n) is 3.97. The number of rotatable bonds is 6. The molecule has 1 atom stereocenters. The van der Waals surface area contributed by atoms with Crippen molar-refractivity contribution in [2.75, 3.05) is 39.3 Å². The maximum atomic E-state index is 11.5. The van der Waals surface area contributed by atoms with Gasteiger partial charge < -0.3 is 24.8 Å². The average molecular weight is 308 g/mol. The van der Waals surface area contributed by atoms with Gasteiger partial charge in [0.1, 0.15) is 17.5 Å². The first-order valence-electron chi connectivity index (χ1n) is 7.44. The van der Waals surface area contributed by atoms with Crippen LogP contribution in [-0.4, -0.2) is 46.4 Å². The van der Waals surface area contributed by atoms with Gasteiger partial charge in [-0.25, -0.2) is 0 Å². The lowest BCUT2D eigenvalue weighted by Crippen LogP contribution is -2.33. The van der Waals surface area contributed by atoms with Gasteiger partial charge in [-0.3, -0.25) is 4.79 Å². The predicted molar refractivity (Wildman–Crippen MR) is 84.7 cm³/mol. The quantitative estimate of drug-likeness (QED) is 0.800. The number of ether oxygens (including phenoxy) is 3. The molecular formula is C16H24N2O4. The summed E-state index contributed by atoms with van der Waals surface area (Å²) in [6.45, 7) is 2.03. The first-order valence-corrected chi connectivity index (χ1v) is 7.44. The summed E-state index contributed by atoms with van der Waals surface area (Å²) in [7, 11) is 4.59. The summed E-state index contributed by atoms with van der Waals surface area (Å²) < 4.78 is 15.7. The largest absolute Gasteiger partial charge is 0.496 e. The lowest BCUT2D eigenvalue weighted by Gasteiger charge is -2.23. The Hall–Kier alpha value is -1.95. The highest BCUT2D eigenvalue weighted by Gasteiger charge is 2.22. The van der Waals surface area contributed by atoms with Crippen molar-refractivity contribution in [3.8, 4) is 11.5 Å². The number of benzene rings is 1. The van der Waals surface area contributed by atoms with E-state index >= 15 is 0 Å². The minimum atomic E-state index is -0.721. The van der Waals surface area contributed by atoms with E-state index in [0.717, 1.165) is 30.1 Å². The van der Waals surface area contributed by atoms with Crippen molar-refractivity contribution < 1.29 is 19.0 Å². The highest BCUT2D eigenvalue weighted by atomic mass is 16.5. The van der Waals surface area contributed by atoms with Crippen molar-refractivity contribution >= 4 is 11.7 Å². The molecule has 1 aromatic carbocycles. The van der Waals surface area contributed by atoms with Gasteiger partial charge in [0.2, 0.25) is 0 Å². The first-order chi connectivity index (χ1) is 10.6. The van der Waals surface area contributed by atoms with E-state index in [1.54, 1.807) is 14.2 Å². The number of nitrogens with two attached hydrogens (primary N) is 1. The molecular weight excluding hydrogens is 284 g/mol. The van der Waals surface area contributed by atoms with Crippen molar-refractivity contribution in [2.24, 2.45) is 5.73 Å². The van der Waals surface area contributed by atoms with Crippen LogP contribution < -0.4 is 20.1 Å². The molecule has 122 valence electrons. The van der Waals surface area contributed by atoms with Gasteiger partial charge in [-0.2, -0.15) is 0 Å². The molecule has 0 spiro atoms. The fourth-order valence-corrected chi connectivity index (χ4v) is 2.78. The molecule has 22 heavy (non-hydrogen) atoms. The van der Waals surface area contributed by atoms with E-state index in [-0.39, 0.29) is 0 Å². The van der Waals surface area contributed by atoms with E-state index in [4.69, 9.17) is 15.2 Å². The Morgan fingerprint density at radius 2 is 1.82 bits per heavy atom. The van der Waals surface area contributed by atoms with E-state index in [1.165, 1.54) is 20.0 Å². The normalized spacial score (nSPS) is 15.5. The van der Waals surface area contributed by atoms with Gasteiger partial charge in [0.05, 0.1) is 27.0 Å². The lowest BCUT2D eigenvalue weighted by molar-refractivity contribution is -0.142. The molecule has 2 N–H and O–H groups in total. The number of carbonyl (C=O) groups is 1. The Morgan fingerprint density at radius 3 is 2.36 bits per heavy atom. The molecule has 0 saturated carbocycles. The van der Waals surface area contributed by atoms with Crippen LogP contribution in [0.15, 0.2) is 12.1 Å². The molecule has 1 aromatic rings. The van der Waals surface area contributed by atoms with Crippen molar-refractivity contribution in [3.63, 3.8) is 0 Å². The van der Waals surface area contributed by atoms with Gasteiger partial charge in [-0.1, -0.05) is 0 Å². The topological polar surface area (TPSA) is 74.0 Å². The molecule has 0 amide bonds.